The molecule has 0 spiro atoms. The first-order valence-electron chi connectivity index (χ1n) is 6.67. The van der Waals surface area contributed by atoms with Gasteiger partial charge in [-0.15, -0.1) is 0 Å². The lowest BCUT2D eigenvalue weighted by Gasteiger charge is -2.16. The third-order valence-electron chi connectivity index (χ3n) is 3.21. The zero-order chi connectivity index (χ0) is 15.0. The first-order chi connectivity index (χ1) is 9.94. The highest BCUT2D eigenvalue weighted by Gasteiger charge is 2.31. The van der Waals surface area contributed by atoms with Crippen molar-refractivity contribution in [3.8, 4) is 17.2 Å². The van der Waals surface area contributed by atoms with Crippen molar-refractivity contribution in [1.82, 2.24) is 0 Å². The molecule has 0 aliphatic carbocycles. The normalized spacial score (nSPS) is 15.0. The van der Waals surface area contributed by atoms with Crippen LogP contribution in [-0.2, 0) is 6.54 Å². The van der Waals surface area contributed by atoms with Gasteiger partial charge in [0.25, 0.3) is 0 Å². The van der Waals surface area contributed by atoms with Crippen molar-refractivity contribution < 1.29 is 19.0 Å². The number of hydrogen-bond acceptors (Lipinski definition) is 4. The number of ether oxygens (including phenoxy) is 2. The Balaban J connectivity index is 1.74. The van der Waals surface area contributed by atoms with Gasteiger partial charge >= 0.3 is 0 Å². The fourth-order valence-corrected chi connectivity index (χ4v) is 2.23. The summed E-state index contributed by atoms with van der Waals surface area (Å²) >= 11 is 0. The Morgan fingerprint density at radius 2 is 1.90 bits per heavy atom. The second-order valence-electron chi connectivity index (χ2n) is 5.37. The Morgan fingerprint density at radius 1 is 1.14 bits per heavy atom. The second-order valence-corrected chi connectivity index (χ2v) is 5.37. The SMILES string of the molecule is CC1(C)Oc2ccc(NCc3cccc(F)c3O)cc2O1. The summed E-state index contributed by atoms with van der Waals surface area (Å²) in [6.45, 7) is 3.99. The molecule has 110 valence electrons. The standard InChI is InChI=1S/C16H16FNO3/c1-16(2)20-13-7-6-11(8-14(13)21-16)18-9-10-4-3-5-12(17)15(10)19/h3-8,18-19H,9H2,1-2H3. The number of phenolic OH excluding ortho intramolecular Hbond substituents is 1. The van der Waals surface area contributed by atoms with Crippen LogP contribution in [0.25, 0.3) is 0 Å². The van der Waals surface area contributed by atoms with E-state index in [1.807, 2.05) is 32.0 Å². The van der Waals surface area contributed by atoms with E-state index < -0.39 is 11.6 Å². The summed E-state index contributed by atoms with van der Waals surface area (Å²) in [5.41, 5.74) is 1.30. The fourth-order valence-electron chi connectivity index (χ4n) is 2.23. The number of para-hydroxylation sites is 1. The molecule has 3 rings (SSSR count). The Hall–Kier alpha value is -2.43. The third-order valence-corrected chi connectivity index (χ3v) is 3.21. The minimum Gasteiger partial charge on any atom is -0.505 e. The molecule has 0 fully saturated rings. The first-order valence-corrected chi connectivity index (χ1v) is 6.67. The lowest BCUT2D eigenvalue weighted by molar-refractivity contribution is -0.0431. The van der Waals surface area contributed by atoms with E-state index in [0.717, 1.165) is 5.69 Å². The van der Waals surface area contributed by atoms with Gasteiger partial charge in [-0.25, -0.2) is 4.39 Å². The zero-order valence-electron chi connectivity index (χ0n) is 11.8. The molecular formula is C16H16FNO3. The van der Waals surface area contributed by atoms with E-state index in [4.69, 9.17) is 9.47 Å². The van der Waals surface area contributed by atoms with Crippen molar-refractivity contribution in [1.29, 1.82) is 0 Å². The number of rotatable bonds is 3. The number of anilines is 1. The maximum absolute atomic E-state index is 13.3. The van der Waals surface area contributed by atoms with Crippen LogP contribution in [-0.4, -0.2) is 10.9 Å². The Bertz CT molecular complexity index is 685. The van der Waals surface area contributed by atoms with Crippen LogP contribution in [0.1, 0.15) is 19.4 Å². The van der Waals surface area contributed by atoms with Gasteiger partial charge in [0, 0.05) is 37.7 Å². The number of halogens is 1. The molecule has 0 radical (unpaired) electrons. The summed E-state index contributed by atoms with van der Waals surface area (Å²) in [4.78, 5) is 0. The van der Waals surface area contributed by atoms with Crippen LogP contribution in [0, 0.1) is 5.82 Å². The van der Waals surface area contributed by atoms with Gasteiger partial charge in [-0.05, 0) is 18.2 Å². The van der Waals surface area contributed by atoms with E-state index >= 15 is 0 Å². The third kappa shape index (κ3) is 2.72. The molecular weight excluding hydrogens is 273 g/mol. The molecule has 0 atom stereocenters. The molecule has 1 heterocycles. The highest BCUT2D eigenvalue weighted by molar-refractivity contribution is 5.56. The highest BCUT2D eigenvalue weighted by Crippen LogP contribution is 2.40. The summed E-state index contributed by atoms with van der Waals surface area (Å²) in [5.74, 6) is -0.261. The maximum atomic E-state index is 13.3. The molecule has 0 amide bonds. The predicted octanol–water partition coefficient (Wildman–Crippen LogP) is 3.65. The van der Waals surface area contributed by atoms with Crippen molar-refractivity contribution in [2.45, 2.75) is 26.2 Å². The molecule has 0 unspecified atom stereocenters. The van der Waals surface area contributed by atoms with E-state index in [1.165, 1.54) is 6.07 Å². The van der Waals surface area contributed by atoms with Gasteiger partial charge in [-0.2, -0.15) is 0 Å². The van der Waals surface area contributed by atoms with E-state index in [0.29, 0.717) is 23.6 Å². The summed E-state index contributed by atoms with van der Waals surface area (Å²) in [6.07, 6.45) is 0. The topological polar surface area (TPSA) is 50.7 Å². The lowest BCUT2D eigenvalue weighted by Crippen LogP contribution is -2.29. The molecule has 0 bridgehead atoms. The minimum atomic E-state index is -0.665. The molecule has 2 aromatic carbocycles. The molecule has 4 nitrogen and oxygen atoms in total. The van der Waals surface area contributed by atoms with Crippen LogP contribution in [0.3, 0.4) is 0 Å². The van der Waals surface area contributed by atoms with E-state index in [9.17, 15) is 9.50 Å². The molecule has 21 heavy (non-hydrogen) atoms. The van der Waals surface area contributed by atoms with E-state index in [1.54, 1.807) is 12.1 Å². The lowest BCUT2D eigenvalue weighted by atomic mass is 10.2. The molecule has 0 saturated carbocycles. The second kappa shape index (κ2) is 4.84. The number of nitrogens with one attached hydrogen (secondary N) is 1. The van der Waals surface area contributed by atoms with Crippen LogP contribution in [0.5, 0.6) is 17.2 Å². The first kappa shape index (κ1) is 13.5. The van der Waals surface area contributed by atoms with Gasteiger partial charge in [-0.3, -0.25) is 0 Å². The molecule has 0 aromatic heterocycles. The average molecular weight is 289 g/mol. The largest absolute Gasteiger partial charge is 0.505 e. The molecule has 5 heteroatoms. The monoisotopic (exact) mass is 289 g/mol. The maximum Gasteiger partial charge on any atom is 0.246 e. The number of aromatic hydroxyl groups is 1. The molecule has 2 aromatic rings. The predicted molar refractivity (Wildman–Crippen MR) is 77.2 cm³/mol. The smallest absolute Gasteiger partial charge is 0.246 e. The Kier molecular flexibility index (Phi) is 3.12. The van der Waals surface area contributed by atoms with Gasteiger partial charge < -0.3 is 19.9 Å². The van der Waals surface area contributed by atoms with Crippen LogP contribution in [0.2, 0.25) is 0 Å². The molecule has 1 aliphatic rings. The van der Waals surface area contributed by atoms with Crippen molar-refractivity contribution in [3.05, 3.63) is 47.8 Å². The summed E-state index contributed by atoms with van der Waals surface area (Å²) in [5, 5.41) is 12.8. The Labute approximate surface area is 122 Å². The van der Waals surface area contributed by atoms with Crippen molar-refractivity contribution in [3.63, 3.8) is 0 Å². The minimum absolute atomic E-state index is 0.312. The summed E-state index contributed by atoms with van der Waals surface area (Å²) in [6, 6.07) is 9.94. The molecule has 0 saturated heterocycles. The number of fused-ring (bicyclic) bond motifs is 1. The van der Waals surface area contributed by atoms with Gasteiger partial charge in [0.1, 0.15) is 0 Å². The zero-order valence-corrected chi connectivity index (χ0v) is 11.8. The van der Waals surface area contributed by atoms with Crippen LogP contribution in [0.4, 0.5) is 10.1 Å². The quantitative estimate of drug-likeness (QED) is 0.905. The van der Waals surface area contributed by atoms with Crippen molar-refractivity contribution >= 4 is 5.69 Å². The van der Waals surface area contributed by atoms with Crippen LogP contribution < -0.4 is 14.8 Å². The van der Waals surface area contributed by atoms with Crippen molar-refractivity contribution in [2.24, 2.45) is 0 Å². The molecule has 2 N–H and O–H groups in total. The highest BCUT2D eigenvalue weighted by atomic mass is 19.1. The van der Waals surface area contributed by atoms with E-state index in [2.05, 4.69) is 5.32 Å². The number of hydrogen-bond donors (Lipinski definition) is 2. The van der Waals surface area contributed by atoms with E-state index in [-0.39, 0.29) is 5.75 Å². The Morgan fingerprint density at radius 3 is 2.71 bits per heavy atom. The van der Waals surface area contributed by atoms with Gasteiger partial charge in [0.05, 0.1) is 0 Å². The number of phenols is 1. The van der Waals surface area contributed by atoms with Crippen LogP contribution in [0.15, 0.2) is 36.4 Å². The van der Waals surface area contributed by atoms with Gasteiger partial charge in [0.2, 0.25) is 5.79 Å². The molecule has 1 aliphatic heterocycles. The van der Waals surface area contributed by atoms with Crippen molar-refractivity contribution in [2.75, 3.05) is 5.32 Å². The summed E-state index contributed by atoms with van der Waals surface area (Å²) < 4.78 is 24.5. The summed E-state index contributed by atoms with van der Waals surface area (Å²) in [7, 11) is 0. The van der Waals surface area contributed by atoms with Crippen LogP contribution >= 0.6 is 0 Å². The van der Waals surface area contributed by atoms with Gasteiger partial charge in [0.15, 0.2) is 23.1 Å². The number of benzene rings is 2. The average Bonchev–Trinajstić information content (AvgIpc) is 2.73. The van der Waals surface area contributed by atoms with Gasteiger partial charge in [-0.1, -0.05) is 12.1 Å². The fraction of sp³-hybridized carbons (Fsp3) is 0.250.